The normalized spacial score (nSPS) is 9.40. The van der Waals surface area contributed by atoms with Crippen molar-refractivity contribution in [2.75, 3.05) is 5.52 Å². The second-order valence-electron chi connectivity index (χ2n) is 1.68. The summed E-state index contributed by atoms with van der Waals surface area (Å²) in [6.45, 7) is 0. The van der Waals surface area contributed by atoms with E-state index in [4.69, 9.17) is 4.74 Å². The van der Waals surface area contributed by atoms with Crippen molar-refractivity contribution in [3.05, 3.63) is 27.8 Å². The maximum atomic E-state index is 5.25. The molecule has 0 amide bonds. The van der Waals surface area contributed by atoms with Crippen LogP contribution in [0.1, 0.15) is 0 Å². The van der Waals surface area contributed by atoms with Gasteiger partial charge in [-0.15, -0.1) is 0 Å². The van der Waals surface area contributed by atoms with Gasteiger partial charge < -0.3 is 4.74 Å². The third kappa shape index (κ3) is 2.12. The van der Waals surface area contributed by atoms with Gasteiger partial charge in [0.15, 0.2) is 0 Å². The maximum Gasteiger partial charge on any atom is 0.143 e. The fraction of sp³-hybridized carbons (Fsp3) is 0.143. The first kappa shape index (κ1) is 8.33. The summed E-state index contributed by atoms with van der Waals surface area (Å²) in [6, 6.07) is 7.91. The van der Waals surface area contributed by atoms with Crippen molar-refractivity contribution in [2.45, 2.75) is 0 Å². The van der Waals surface area contributed by atoms with Crippen molar-refractivity contribution < 1.29 is 4.74 Å². The van der Waals surface area contributed by atoms with E-state index in [0.29, 0.717) is 5.52 Å². The molecule has 1 aromatic rings. The summed E-state index contributed by atoms with van der Waals surface area (Å²) in [6.07, 6.45) is 0. The van der Waals surface area contributed by atoms with Gasteiger partial charge in [0.05, 0.1) is 3.57 Å². The molecule has 1 aromatic carbocycles. The Morgan fingerprint density at radius 1 is 1.40 bits per heavy atom. The predicted octanol–water partition coefficient (Wildman–Crippen LogP) is 3.02. The monoisotopic (exact) mass is 312 g/mol. The fourth-order valence-corrected chi connectivity index (χ4v) is 1.41. The Hall–Kier alpha value is 0.230. The molecule has 0 aliphatic heterocycles. The third-order valence-corrected chi connectivity index (χ3v) is 2.17. The van der Waals surface area contributed by atoms with Crippen LogP contribution in [0.15, 0.2) is 24.3 Å². The highest BCUT2D eigenvalue weighted by Crippen LogP contribution is 2.19. The first-order valence-electron chi connectivity index (χ1n) is 2.78. The molecule has 3 heteroatoms. The second kappa shape index (κ2) is 4.18. The minimum Gasteiger partial charge on any atom is -0.481 e. The van der Waals surface area contributed by atoms with Crippen molar-refractivity contribution in [1.29, 1.82) is 0 Å². The highest BCUT2D eigenvalue weighted by Gasteiger charge is 1.95. The summed E-state index contributed by atoms with van der Waals surface area (Å²) < 4.78 is 6.38. The largest absolute Gasteiger partial charge is 0.481 e. The lowest BCUT2D eigenvalue weighted by molar-refractivity contribution is 0.395. The van der Waals surface area contributed by atoms with E-state index in [-0.39, 0.29) is 0 Å². The molecule has 0 radical (unpaired) electrons. The molecule has 0 atom stereocenters. The third-order valence-electron chi connectivity index (χ3n) is 1.05. The van der Waals surface area contributed by atoms with Gasteiger partial charge in [0, 0.05) is 0 Å². The zero-order valence-corrected chi connectivity index (χ0v) is 8.92. The molecule has 0 aliphatic rings. The summed E-state index contributed by atoms with van der Waals surface area (Å²) >= 11 is 5.43. The van der Waals surface area contributed by atoms with Crippen molar-refractivity contribution in [3.63, 3.8) is 0 Å². The van der Waals surface area contributed by atoms with Crippen molar-refractivity contribution in [3.8, 4) is 5.75 Å². The highest BCUT2D eigenvalue weighted by atomic mass is 127. The van der Waals surface area contributed by atoms with Crippen molar-refractivity contribution in [1.82, 2.24) is 0 Å². The number of rotatable bonds is 2. The summed E-state index contributed by atoms with van der Waals surface area (Å²) in [7, 11) is 0. The smallest absolute Gasteiger partial charge is 0.143 e. The minimum absolute atomic E-state index is 0.549. The Kier molecular flexibility index (Phi) is 3.48. The number of ether oxygens (including phenoxy) is 1. The zero-order chi connectivity index (χ0) is 7.40. The lowest BCUT2D eigenvalue weighted by Crippen LogP contribution is -1.89. The fourth-order valence-electron chi connectivity index (χ4n) is 0.621. The van der Waals surface area contributed by atoms with Crippen molar-refractivity contribution in [2.24, 2.45) is 0 Å². The molecule has 0 N–H and O–H groups in total. The molecule has 0 aliphatic carbocycles. The number of alkyl halides is 1. The molecule has 1 nitrogen and oxygen atoms in total. The van der Waals surface area contributed by atoms with E-state index >= 15 is 0 Å². The van der Waals surface area contributed by atoms with Gasteiger partial charge in [0.1, 0.15) is 11.3 Å². The maximum absolute atomic E-state index is 5.25. The topological polar surface area (TPSA) is 9.23 Å². The van der Waals surface area contributed by atoms with Crippen LogP contribution in [-0.4, -0.2) is 5.52 Å². The van der Waals surface area contributed by atoms with Gasteiger partial charge in [0.25, 0.3) is 0 Å². The van der Waals surface area contributed by atoms with Crippen LogP contribution < -0.4 is 4.74 Å². The van der Waals surface area contributed by atoms with Gasteiger partial charge in [-0.05, 0) is 50.7 Å². The summed E-state index contributed by atoms with van der Waals surface area (Å²) in [5.74, 6) is 0.931. The Bertz CT molecular complexity index is 215. The molecule has 1 rings (SSSR count). The molecule has 0 fully saturated rings. The predicted molar refractivity (Wildman–Crippen MR) is 53.6 cm³/mol. The number of hydrogen-bond donors (Lipinski definition) is 0. The molecule has 10 heavy (non-hydrogen) atoms. The van der Waals surface area contributed by atoms with E-state index < -0.39 is 0 Å². The molecule has 0 bridgehead atoms. The Morgan fingerprint density at radius 2 is 2.10 bits per heavy atom. The standard InChI is InChI=1S/C7H6BrIO/c8-5-10-7-4-2-1-3-6(7)9/h1-4H,5H2. The lowest BCUT2D eigenvalue weighted by atomic mass is 10.3. The van der Waals surface area contributed by atoms with Crippen LogP contribution in [0.3, 0.4) is 0 Å². The highest BCUT2D eigenvalue weighted by molar-refractivity contribution is 14.1. The molecule has 0 unspecified atom stereocenters. The van der Waals surface area contributed by atoms with Gasteiger partial charge in [-0.3, -0.25) is 0 Å². The molecule has 0 saturated heterocycles. The molecule has 0 aromatic heterocycles. The van der Waals surface area contributed by atoms with Crippen molar-refractivity contribution >= 4 is 38.5 Å². The number of hydrogen-bond acceptors (Lipinski definition) is 1. The van der Waals surface area contributed by atoms with E-state index in [9.17, 15) is 0 Å². The van der Waals surface area contributed by atoms with E-state index in [1.807, 2.05) is 24.3 Å². The van der Waals surface area contributed by atoms with Gasteiger partial charge >= 0.3 is 0 Å². The molecule has 54 valence electrons. The van der Waals surface area contributed by atoms with E-state index in [1.165, 1.54) is 0 Å². The average Bonchev–Trinajstić information content (AvgIpc) is 1.94. The van der Waals surface area contributed by atoms with Crippen LogP contribution in [-0.2, 0) is 0 Å². The second-order valence-corrected chi connectivity index (χ2v) is 3.30. The van der Waals surface area contributed by atoms with E-state index in [1.54, 1.807) is 0 Å². The summed E-state index contributed by atoms with van der Waals surface area (Å²) in [4.78, 5) is 0. The number of halogens is 2. The van der Waals surface area contributed by atoms with Crippen LogP contribution in [0.4, 0.5) is 0 Å². The summed E-state index contributed by atoms with van der Waals surface area (Å²) in [5, 5.41) is 0. The van der Waals surface area contributed by atoms with Gasteiger partial charge in [-0.25, -0.2) is 0 Å². The Balaban J connectivity index is 2.81. The van der Waals surface area contributed by atoms with Crippen LogP contribution in [0.25, 0.3) is 0 Å². The molecule has 0 spiro atoms. The van der Waals surface area contributed by atoms with Gasteiger partial charge in [-0.2, -0.15) is 0 Å². The van der Waals surface area contributed by atoms with Crippen LogP contribution in [0.2, 0.25) is 0 Å². The minimum atomic E-state index is 0.549. The van der Waals surface area contributed by atoms with Gasteiger partial charge in [0.2, 0.25) is 0 Å². The van der Waals surface area contributed by atoms with Crippen LogP contribution in [0.5, 0.6) is 5.75 Å². The lowest BCUT2D eigenvalue weighted by Gasteiger charge is -2.02. The zero-order valence-electron chi connectivity index (χ0n) is 5.18. The first-order chi connectivity index (χ1) is 4.84. The van der Waals surface area contributed by atoms with Gasteiger partial charge in [-0.1, -0.05) is 12.1 Å². The molecule has 0 saturated carbocycles. The molecular formula is C7H6BrIO. The first-order valence-corrected chi connectivity index (χ1v) is 4.98. The van der Waals surface area contributed by atoms with Crippen LogP contribution >= 0.6 is 38.5 Å². The number of para-hydroxylation sites is 1. The average molecular weight is 313 g/mol. The van der Waals surface area contributed by atoms with E-state index in [0.717, 1.165) is 9.32 Å². The molecule has 0 heterocycles. The molecular weight excluding hydrogens is 307 g/mol. The summed E-state index contributed by atoms with van der Waals surface area (Å²) in [5.41, 5.74) is 0.549. The van der Waals surface area contributed by atoms with Crippen LogP contribution in [0, 0.1) is 3.57 Å². The quantitative estimate of drug-likeness (QED) is 0.602. The van der Waals surface area contributed by atoms with E-state index in [2.05, 4.69) is 38.5 Å². The Morgan fingerprint density at radius 3 is 2.70 bits per heavy atom. The Labute approximate surface area is 82.0 Å². The SMILES string of the molecule is BrCOc1ccccc1I. The number of benzene rings is 1.